The molecule has 2 N–H and O–H groups in total. The Balaban J connectivity index is 1.48. The number of carbonyl (C=O) groups excluding carboxylic acids is 1. The number of quaternary nitrogens is 1. The van der Waals surface area contributed by atoms with Crippen molar-refractivity contribution in [2.24, 2.45) is 7.05 Å². The summed E-state index contributed by atoms with van der Waals surface area (Å²) in [7, 11) is 2.05. The monoisotopic (exact) mass is 443 g/mol. The van der Waals surface area contributed by atoms with Gasteiger partial charge in [-0.05, 0) is 36.4 Å². The molecule has 28 heavy (non-hydrogen) atoms. The van der Waals surface area contributed by atoms with Crippen molar-refractivity contribution in [3.63, 3.8) is 0 Å². The lowest BCUT2D eigenvalue weighted by Gasteiger charge is -2.23. The molecular weight excluding hydrogens is 420 g/mol. The molecule has 0 bridgehead atoms. The summed E-state index contributed by atoms with van der Waals surface area (Å²) < 4.78 is 8.46. The lowest BCUT2D eigenvalue weighted by molar-refractivity contribution is -0.907. The molecule has 1 saturated heterocycles. The molecular formula is C21H24BrN4O2+. The molecule has 2 heterocycles. The van der Waals surface area contributed by atoms with Crippen LogP contribution in [0.15, 0.2) is 46.9 Å². The summed E-state index contributed by atoms with van der Waals surface area (Å²) in [5.41, 5.74) is 3.35. The molecule has 1 aliphatic heterocycles. The van der Waals surface area contributed by atoms with Gasteiger partial charge >= 0.3 is 0 Å². The molecule has 0 saturated carbocycles. The van der Waals surface area contributed by atoms with Crippen LogP contribution in [0.25, 0.3) is 11.0 Å². The first-order valence-corrected chi connectivity index (χ1v) is 10.3. The second-order valence-corrected chi connectivity index (χ2v) is 8.03. The normalized spacial score (nSPS) is 15.1. The lowest BCUT2D eigenvalue weighted by Crippen LogP contribution is -3.14. The topological polar surface area (TPSA) is 60.6 Å². The van der Waals surface area contributed by atoms with E-state index in [0.29, 0.717) is 5.56 Å². The summed E-state index contributed by atoms with van der Waals surface area (Å²) in [5.74, 6) is 0.942. The first-order chi connectivity index (χ1) is 13.6. The Kier molecular flexibility index (Phi) is 5.75. The molecule has 1 fully saturated rings. The van der Waals surface area contributed by atoms with Gasteiger partial charge in [0.2, 0.25) is 0 Å². The Morgan fingerprint density at radius 1 is 1.25 bits per heavy atom. The number of fused-ring (bicyclic) bond motifs is 1. The van der Waals surface area contributed by atoms with Crippen molar-refractivity contribution in [2.45, 2.75) is 6.42 Å². The highest BCUT2D eigenvalue weighted by molar-refractivity contribution is 9.10. The molecule has 4 rings (SSSR count). The molecule has 0 aliphatic carbocycles. The van der Waals surface area contributed by atoms with Gasteiger partial charge in [-0.3, -0.25) is 4.79 Å². The number of amides is 1. The smallest absolute Gasteiger partial charge is 0.255 e. The number of anilines is 1. The minimum atomic E-state index is -0.132. The Labute approximate surface area is 172 Å². The highest BCUT2D eigenvalue weighted by atomic mass is 79.9. The zero-order chi connectivity index (χ0) is 19.5. The molecule has 3 aromatic rings. The maximum atomic E-state index is 12.5. The summed E-state index contributed by atoms with van der Waals surface area (Å²) >= 11 is 3.40. The van der Waals surface area contributed by atoms with Crippen molar-refractivity contribution in [1.29, 1.82) is 0 Å². The van der Waals surface area contributed by atoms with Crippen molar-refractivity contribution in [1.82, 2.24) is 9.55 Å². The van der Waals surface area contributed by atoms with Gasteiger partial charge in [0.05, 0.1) is 37.2 Å². The van der Waals surface area contributed by atoms with Crippen molar-refractivity contribution >= 4 is 38.6 Å². The fourth-order valence-corrected chi connectivity index (χ4v) is 3.98. The number of halogens is 1. The van der Waals surface area contributed by atoms with Gasteiger partial charge in [-0.2, -0.15) is 0 Å². The van der Waals surface area contributed by atoms with Crippen molar-refractivity contribution in [2.75, 3.05) is 38.2 Å². The van der Waals surface area contributed by atoms with Gasteiger partial charge in [-0.25, -0.2) is 4.98 Å². The largest absolute Gasteiger partial charge is 0.370 e. The number of aromatic nitrogens is 2. The Morgan fingerprint density at radius 3 is 2.86 bits per heavy atom. The van der Waals surface area contributed by atoms with Crippen LogP contribution in [0.5, 0.6) is 0 Å². The van der Waals surface area contributed by atoms with E-state index in [1.54, 1.807) is 17.0 Å². The zero-order valence-corrected chi connectivity index (χ0v) is 17.5. The predicted molar refractivity (Wildman–Crippen MR) is 113 cm³/mol. The number of benzene rings is 2. The summed E-state index contributed by atoms with van der Waals surface area (Å²) in [6.07, 6.45) is 0.931. The SMILES string of the molecule is Cn1c(CC[NH+]2CCOCC2)nc2cc(NC(=O)c3cccc(Br)c3)ccc21. The van der Waals surface area contributed by atoms with Crippen LogP contribution in [-0.4, -0.2) is 48.3 Å². The highest BCUT2D eigenvalue weighted by Crippen LogP contribution is 2.21. The molecule has 6 nitrogen and oxygen atoms in total. The van der Waals surface area contributed by atoms with E-state index >= 15 is 0 Å². The van der Waals surface area contributed by atoms with Crippen LogP contribution in [-0.2, 0) is 18.2 Å². The first kappa shape index (κ1) is 19.1. The molecule has 1 aliphatic rings. The number of carbonyl (C=O) groups is 1. The van der Waals surface area contributed by atoms with Gasteiger partial charge in [-0.15, -0.1) is 0 Å². The van der Waals surface area contributed by atoms with Crippen LogP contribution in [0.4, 0.5) is 5.69 Å². The molecule has 2 aromatic carbocycles. The second-order valence-electron chi connectivity index (χ2n) is 7.12. The van der Waals surface area contributed by atoms with E-state index in [9.17, 15) is 4.79 Å². The van der Waals surface area contributed by atoms with Crippen LogP contribution < -0.4 is 10.2 Å². The third-order valence-electron chi connectivity index (χ3n) is 5.22. The maximum Gasteiger partial charge on any atom is 0.255 e. The van der Waals surface area contributed by atoms with E-state index in [1.165, 1.54) is 0 Å². The van der Waals surface area contributed by atoms with Gasteiger partial charge in [0, 0.05) is 22.8 Å². The number of nitrogens with one attached hydrogen (secondary N) is 2. The minimum absolute atomic E-state index is 0.132. The molecule has 1 aromatic heterocycles. The third-order valence-corrected chi connectivity index (χ3v) is 5.71. The molecule has 0 spiro atoms. The number of hydrogen-bond acceptors (Lipinski definition) is 3. The van der Waals surface area contributed by atoms with E-state index in [4.69, 9.17) is 9.72 Å². The molecule has 0 unspecified atom stereocenters. The Hall–Kier alpha value is -2.22. The Bertz CT molecular complexity index is 995. The van der Waals surface area contributed by atoms with Gasteiger partial charge in [0.15, 0.2) is 0 Å². The summed E-state index contributed by atoms with van der Waals surface area (Å²) in [4.78, 5) is 18.9. The van der Waals surface area contributed by atoms with Crippen LogP contribution in [0.3, 0.4) is 0 Å². The quantitative estimate of drug-likeness (QED) is 0.634. The average molecular weight is 444 g/mol. The zero-order valence-electron chi connectivity index (χ0n) is 15.9. The molecule has 0 radical (unpaired) electrons. The van der Waals surface area contributed by atoms with E-state index in [2.05, 4.69) is 32.9 Å². The third kappa shape index (κ3) is 4.27. The van der Waals surface area contributed by atoms with Crippen molar-refractivity contribution in [3.05, 3.63) is 58.3 Å². The minimum Gasteiger partial charge on any atom is -0.370 e. The lowest BCUT2D eigenvalue weighted by atomic mass is 10.2. The Morgan fingerprint density at radius 2 is 2.07 bits per heavy atom. The number of rotatable bonds is 5. The average Bonchev–Trinajstić information content (AvgIpc) is 3.02. The number of ether oxygens (including phenoxy) is 1. The number of imidazole rings is 1. The highest BCUT2D eigenvalue weighted by Gasteiger charge is 2.16. The maximum absolute atomic E-state index is 12.5. The first-order valence-electron chi connectivity index (χ1n) is 9.54. The van der Waals surface area contributed by atoms with Crippen molar-refractivity contribution in [3.8, 4) is 0 Å². The van der Waals surface area contributed by atoms with Gasteiger partial charge in [-0.1, -0.05) is 22.0 Å². The van der Waals surface area contributed by atoms with Gasteiger partial charge in [0.25, 0.3) is 5.91 Å². The van der Waals surface area contributed by atoms with E-state index < -0.39 is 0 Å². The summed E-state index contributed by atoms with van der Waals surface area (Å²) in [6, 6.07) is 13.2. The van der Waals surface area contributed by atoms with Crippen LogP contribution >= 0.6 is 15.9 Å². The van der Waals surface area contributed by atoms with Crippen LogP contribution in [0.2, 0.25) is 0 Å². The predicted octanol–water partition coefficient (Wildman–Crippen LogP) is 2.05. The van der Waals surface area contributed by atoms with E-state index in [0.717, 1.165) is 66.3 Å². The number of aryl methyl sites for hydroxylation is 1. The molecule has 0 atom stereocenters. The number of morpholine rings is 1. The van der Waals surface area contributed by atoms with Gasteiger partial charge in [0.1, 0.15) is 18.9 Å². The van der Waals surface area contributed by atoms with E-state index in [-0.39, 0.29) is 5.91 Å². The van der Waals surface area contributed by atoms with Crippen molar-refractivity contribution < 1.29 is 14.4 Å². The van der Waals surface area contributed by atoms with Gasteiger partial charge < -0.3 is 19.5 Å². The molecule has 1 amide bonds. The molecule has 7 heteroatoms. The summed E-state index contributed by atoms with van der Waals surface area (Å²) in [6.45, 7) is 4.89. The molecule has 146 valence electrons. The van der Waals surface area contributed by atoms with E-state index in [1.807, 2.05) is 30.3 Å². The van der Waals surface area contributed by atoms with Crippen LogP contribution in [0, 0.1) is 0 Å². The fraction of sp³-hybridized carbons (Fsp3) is 0.333. The standard InChI is InChI=1S/C21H23BrN4O2/c1-25-19-6-5-17(23-21(27)15-3-2-4-16(22)13-15)14-18(19)24-20(25)7-8-26-9-11-28-12-10-26/h2-6,13-14H,7-12H2,1H3,(H,23,27)/p+1. The number of nitrogens with zero attached hydrogens (tertiary/aromatic N) is 2. The summed E-state index contributed by atoms with van der Waals surface area (Å²) in [5, 5.41) is 2.96. The second kappa shape index (κ2) is 8.43. The fourth-order valence-electron chi connectivity index (χ4n) is 3.58. The van der Waals surface area contributed by atoms with Crippen LogP contribution in [0.1, 0.15) is 16.2 Å². The number of hydrogen-bond donors (Lipinski definition) is 2.